The van der Waals surface area contributed by atoms with E-state index in [1.54, 1.807) is 0 Å². The molecule has 0 saturated carbocycles. The van der Waals surface area contributed by atoms with E-state index in [0.29, 0.717) is 5.95 Å². The zero-order valence-corrected chi connectivity index (χ0v) is 13.8. The number of hydrogen-bond donors (Lipinski definition) is 3. The van der Waals surface area contributed by atoms with Gasteiger partial charge in [-0.1, -0.05) is 12.1 Å². The molecule has 3 aromatic rings. The van der Waals surface area contributed by atoms with Crippen LogP contribution in [0.2, 0.25) is 0 Å². The van der Waals surface area contributed by atoms with E-state index in [-0.39, 0.29) is 23.8 Å². The Bertz CT molecular complexity index is 932. The number of halogens is 2. The number of methoxy groups -OCH3 is 1. The van der Waals surface area contributed by atoms with E-state index in [4.69, 9.17) is 4.74 Å². The normalized spacial score (nSPS) is 19.6. The van der Waals surface area contributed by atoms with Gasteiger partial charge in [0.25, 0.3) is 0 Å². The summed E-state index contributed by atoms with van der Waals surface area (Å²) < 4.78 is 33.8. The summed E-state index contributed by atoms with van der Waals surface area (Å²) in [4.78, 5) is 19.6. The van der Waals surface area contributed by atoms with Gasteiger partial charge in [-0.15, -0.1) is 0 Å². The van der Waals surface area contributed by atoms with Crippen molar-refractivity contribution >= 4 is 22.9 Å². The number of rotatable bonds is 4. The van der Waals surface area contributed by atoms with Crippen LogP contribution in [0, 0.1) is 11.6 Å². The maximum atomic E-state index is 14.4. The third-order valence-corrected chi connectivity index (χ3v) is 4.52. The molecule has 0 spiro atoms. The van der Waals surface area contributed by atoms with Crippen LogP contribution in [0.25, 0.3) is 11.0 Å². The summed E-state index contributed by atoms with van der Waals surface area (Å²) in [5.41, 5.74) is 1.37. The van der Waals surface area contributed by atoms with Gasteiger partial charge < -0.3 is 20.4 Å². The van der Waals surface area contributed by atoms with Crippen LogP contribution in [-0.4, -0.2) is 35.6 Å². The van der Waals surface area contributed by atoms with E-state index in [1.807, 2.05) is 24.3 Å². The molecule has 3 N–H and O–H groups in total. The molecule has 134 valence electrons. The summed E-state index contributed by atoms with van der Waals surface area (Å²) in [5.74, 6) is -2.11. The van der Waals surface area contributed by atoms with Crippen molar-refractivity contribution in [2.45, 2.75) is 12.0 Å². The van der Waals surface area contributed by atoms with E-state index in [0.717, 1.165) is 23.2 Å². The fourth-order valence-electron chi connectivity index (χ4n) is 3.26. The lowest BCUT2D eigenvalue weighted by Gasteiger charge is -2.19. The smallest absolute Gasteiger partial charge is 0.243 e. The maximum absolute atomic E-state index is 14.4. The highest BCUT2D eigenvalue weighted by molar-refractivity contribution is 5.88. The first-order valence-electron chi connectivity index (χ1n) is 8.08. The summed E-state index contributed by atoms with van der Waals surface area (Å²) in [6, 6.07) is 8.75. The van der Waals surface area contributed by atoms with Crippen LogP contribution in [0.15, 0.2) is 36.4 Å². The number of aromatic nitrogens is 2. The highest BCUT2D eigenvalue weighted by Gasteiger charge is 2.39. The number of carbonyl (C=O) groups is 1. The number of carbonyl (C=O) groups excluding carboxylic acids is 1. The number of hydrogen-bond acceptors (Lipinski definition) is 4. The van der Waals surface area contributed by atoms with Gasteiger partial charge in [-0.25, -0.2) is 13.8 Å². The van der Waals surface area contributed by atoms with Crippen molar-refractivity contribution in [3.05, 3.63) is 53.6 Å². The molecule has 1 fully saturated rings. The number of nitrogens with zero attached hydrogens (tertiary/aromatic N) is 1. The van der Waals surface area contributed by atoms with Crippen molar-refractivity contribution in [3.8, 4) is 5.75 Å². The molecule has 0 unspecified atom stereocenters. The predicted octanol–water partition coefficient (Wildman–Crippen LogP) is 2.54. The lowest BCUT2D eigenvalue weighted by molar-refractivity contribution is -0.119. The number of benzene rings is 2. The zero-order valence-electron chi connectivity index (χ0n) is 13.8. The molecule has 1 aliphatic rings. The molecular formula is C18H16F2N4O2. The Labute approximate surface area is 147 Å². The minimum atomic E-state index is -0.854. The number of fused-ring (bicyclic) bond motifs is 1. The monoisotopic (exact) mass is 358 g/mol. The van der Waals surface area contributed by atoms with Gasteiger partial charge in [0, 0.05) is 30.2 Å². The molecule has 26 heavy (non-hydrogen) atoms. The van der Waals surface area contributed by atoms with Gasteiger partial charge in [0.1, 0.15) is 23.4 Å². The molecule has 4 rings (SSSR count). The zero-order chi connectivity index (χ0) is 18.3. The van der Waals surface area contributed by atoms with Crippen molar-refractivity contribution in [2.24, 2.45) is 0 Å². The maximum Gasteiger partial charge on any atom is 0.243 e. The topological polar surface area (TPSA) is 79.0 Å². The van der Waals surface area contributed by atoms with Crippen molar-refractivity contribution in [1.29, 1.82) is 0 Å². The molecule has 6 nitrogen and oxygen atoms in total. The van der Waals surface area contributed by atoms with Crippen LogP contribution in [0.4, 0.5) is 14.7 Å². The molecule has 0 radical (unpaired) electrons. The molecule has 2 heterocycles. The fourth-order valence-corrected chi connectivity index (χ4v) is 3.26. The Hall–Kier alpha value is -3.16. The Morgan fingerprint density at radius 1 is 1.23 bits per heavy atom. The van der Waals surface area contributed by atoms with E-state index in [9.17, 15) is 13.6 Å². The van der Waals surface area contributed by atoms with Gasteiger partial charge >= 0.3 is 0 Å². The first kappa shape index (κ1) is 16.3. The molecule has 1 saturated heterocycles. The predicted molar refractivity (Wildman–Crippen MR) is 92.2 cm³/mol. The number of imidazole rings is 1. The van der Waals surface area contributed by atoms with E-state index < -0.39 is 23.6 Å². The summed E-state index contributed by atoms with van der Waals surface area (Å²) >= 11 is 0. The van der Waals surface area contributed by atoms with Crippen LogP contribution >= 0.6 is 0 Å². The molecule has 0 bridgehead atoms. The molecule has 1 aromatic heterocycles. The third-order valence-electron chi connectivity index (χ3n) is 4.52. The Balaban J connectivity index is 1.67. The van der Waals surface area contributed by atoms with Gasteiger partial charge in [-0.2, -0.15) is 0 Å². The second-order valence-electron chi connectivity index (χ2n) is 6.08. The van der Waals surface area contributed by atoms with Crippen LogP contribution in [0.5, 0.6) is 5.75 Å². The average molecular weight is 358 g/mol. The minimum Gasteiger partial charge on any atom is -0.497 e. The molecule has 2 atom stereocenters. The van der Waals surface area contributed by atoms with Crippen LogP contribution in [0.3, 0.4) is 0 Å². The Kier molecular flexibility index (Phi) is 3.95. The van der Waals surface area contributed by atoms with Gasteiger partial charge in [0.05, 0.1) is 18.1 Å². The average Bonchev–Trinajstić information content (AvgIpc) is 3.19. The van der Waals surface area contributed by atoms with Crippen molar-refractivity contribution < 1.29 is 18.3 Å². The summed E-state index contributed by atoms with van der Waals surface area (Å²) in [7, 11) is 1.33. The molecule has 1 aliphatic heterocycles. The fraction of sp³-hybridized carbons (Fsp3) is 0.222. The molecule has 2 aromatic carbocycles. The van der Waals surface area contributed by atoms with Crippen molar-refractivity contribution in [1.82, 2.24) is 15.3 Å². The number of aromatic amines is 1. The quantitative estimate of drug-likeness (QED) is 0.670. The highest BCUT2D eigenvalue weighted by Crippen LogP contribution is 2.32. The Morgan fingerprint density at radius 3 is 2.65 bits per heavy atom. The van der Waals surface area contributed by atoms with Gasteiger partial charge in [0.2, 0.25) is 11.9 Å². The first-order chi connectivity index (χ1) is 12.6. The minimum absolute atomic E-state index is 0.0860. The number of anilines is 1. The molecule has 1 amide bonds. The SMILES string of the molecule is COc1cc(F)c([C@@H]2CNC(=O)[C@H]2Nc2nc3ccccc3[nH]2)c(F)c1. The van der Waals surface area contributed by atoms with E-state index in [2.05, 4.69) is 20.6 Å². The van der Waals surface area contributed by atoms with E-state index in [1.165, 1.54) is 7.11 Å². The number of nitrogens with one attached hydrogen (secondary N) is 3. The molecule has 8 heteroatoms. The van der Waals surface area contributed by atoms with Gasteiger partial charge in [-0.05, 0) is 12.1 Å². The van der Waals surface area contributed by atoms with Gasteiger partial charge in [-0.3, -0.25) is 4.79 Å². The standard InChI is InChI=1S/C18H16F2N4O2/c1-26-9-6-11(19)15(12(20)7-9)10-8-21-17(25)16(10)24-18-22-13-4-2-3-5-14(13)23-18/h2-7,10,16H,8H2,1H3,(H,21,25)(H2,22,23,24)/t10-,16-/m0/s1. The largest absolute Gasteiger partial charge is 0.497 e. The second kappa shape index (κ2) is 6.29. The first-order valence-corrected chi connectivity index (χ1v) is 8.08. The van der Waals surface area contributed by atoms with E-state index >= 15 is 0 Å². The lowest BCUT2D eigenvalue weighted by atomic mass is 9.93. The summed E-state index contributed by atoms with van der Waals surface area (Å²) in [5, 5.41) is 5.62. The van der Waals surface area contributed by atoms with Crippen molar-refractivity contribution in [2.75, 3.05) is 19.0 Å². The number of H-pyrrole nitrogens is 1. The van der Waals surface area contributed by atoms with Gasteiger partial charge in [0.15, 0.2) is 0 Å². The summed E-state index contributed by atoms with van der Waals surface area (Å²) in [6.45, 7) is 0.122. The molecular weight excluding hydrogens is 342 g/mol. The number of para-hydroxylation sites is 2. The number of ether oxygens (including phenoxy) is 1. The Morgan fingerprint density at radius 2 is 1.96 bits per heavy atom. The molecule has 0 aliphatic carbocycles. The summed E-state index contributed by atoms with van der Waals surface area (Å²) in [6.07, 6.45) is 0. The second-order valence-corrected chi connectivity index (χ2v) is 6.08. The highest BCUT2D eigenvalue weighted by atomic mass is 19.1. The van der Waals surface area contributed by atoms with Crippen LogP contribution in [-0.2, 0) is 4.79 Å². The van der Waals surface area contributed by atoms with Crippen LogP contribution in [0.1, 0.15) is 11.5 Å². The van der Waals surface area contributed by atoms with Crippen LogP contribution < -0.4 is 15.4 Å². The third kappa shape index (κ3) is 2.73. The number of amides is 1. The lowest BCUT2D eigenvalue weighted by Crippen LogP contribution is -2.33. The van der Waals surface area contributed by atoms with Crippen molar-refractivity contribution in [3.63, 3.8) is 0 Å².